The van der Waals surface area contributed by atoms with Crippen molar-refractivity contribution >= 4 is 35.8 Å². The van der Waals surface area contributed by atoms with Crippen molar-refractivity contribution in [2.24, 2.45) is 4.99 Å². The first-order chi connectivity index (χ1) is 12.8. The summed E-state index contributed by atoms with van der Waals surface area (Å²) in [5, 5.41) is 3.50. The highest BCUT2D eigenvalue weighted by Gasteiger charge is 2.18. The van der Waals surface area contributed by atoms with Crippen LogP contribution in [-0.2, 0) is 19.5 Å². The van der Waals surface area contributed by atoms with Gasteiger partial charge in [0.1, 0.15) is 5.82 Å². The molecule has 1 N–H and O–H groups in total. The monoisotopic (exact) mass is 477 g/mol. The number of hydrogen-bond donors (Lipinski definition) is 1. The normalized spacial score (nSPS) is 16.7. The summed E-state index contributed by atoms with van der Waals surface area (Å²) >= 11 is 0. The van der Waals surface area contributed by atoms with Gasteiger partial charge in [0, 0.05) is 46.0 Å². The maximum atomic E-state index is 4.64. The first-order valence-electron chi connectivity index (χ1n) is 9.56. The molecule has 0 saturated carbocycles. The Morgan fingerprint density at radius 3 is 2.56 bits per heavy atom. The predicted molar refractivity (Wildman–Crippen MR) is 122 cm³/mol. The number of fused-ring (bicyclic) bond motifs is 1. The summed E-state index contributed by atoms with van der Waals surface area (Å²) in [4.78, 5) is 13.8. The summed E-state index contributed by atoms with van der Waals surface area (Å²) in [7, 11) is 1.86. The molecule has 0 bridgehead atoms. The van der Waals surface area contributed by atoms with E-state index in [0.717, 1.165) is 50.9 Å². The minimum atomic E-state index is 0. The van der Waals surface area contributed by atoms with Gasteiger partial charge in [-0.15, -0.1) is 24.0 Å². The lowest BCUT2D eigenvalue weighted by molar-refractivity contribution is 0.378. The first-order valence-corrected chi connectivity index (χ1v) is 9.56. The molecular weight excluding hydrogens is 449 g/mol. The van der Waals surface area contributed by atoms with E-state index in [1.165, 1.54) is 29.5 Å². The Balaban J connectivity index is 0.00000210. The third-order valence-corrected chi connectivity index (χ3v) is 5.33. The lowest BCUT2D eigenvalue weighted by atomic mass is 10.0. The molecule has 27 heavy (non-hydrogen) atoms. The van der Waals surface area contributed by atoms with E-state index < -0.39 is 0 Å². The summed E-state index contributed by atoms with van der Waals surface area (Å²) in [6, 6.07) is 13.0. The topological polar surface area (TPSA) is 43.8 Å². The average molecular weight is 477 g/mol. The molecule has 1 fully saturated rings. The van der Waals surface area contributed by atoms with Crippen LogP contribution in [0.5, 0.6) is 0 Å². The molecule has 2 aromatic rings. The summed E-state index contributed by atoms with van der Waals surface area (Å²) in [6.07, 6.45) is 5.61. The molecule has 0 atom stereocenters. The zero-order chi connectivity index (χ0) is 17.8. The molecule has 1 aromatic heterocycles. The fraction of sp³-hybridized carbons (Fsp3) is 0.429. The van der Waals surface area contributed by atoms with Crippen LogP contribution in [0, 0.1) is 0 Å². The minimum Gasteiger partial charge on any atom is -0.357 e. The van der Waals surface area contributed by atoms with E-state index in [9.17, 15) is 0 Å². The molecule has 4 rings (SSSR count). The highest BCUT2D eigenvalue weighted by Crippen LogP contribution is 2.19. The van der Waals surface area contributed by atoms with Gasteiger partial charge in [0.15, 0.2) is 5.96 Å². The molecule has 1 saturated heterocycles. The van der Waals surface area contributed by atoms with Gasteiger partial charge in [-0.05, 0) is 42.0 Å². The van der Waals surface area contributed by atoms with Crippen molar-refractivity contribution in [3.8, 4) is 0 Å². The van der Waals surface area contributed by atoms with Crippen LogP contribution < -0.4 is 10.2 Å². The Morgan fingerprint density at radius 2 is 1.85 bits per heavy atom. The fourth-order valence-corrected chi connectivity index (χ4v) is 3.84. The Bertz CT molecular complexity index is 768. The summed E-state index contributed by atoms with van der Waals surface area (Å²) < 4.78 is 0. The second-order valence-electron chi connectivity index (χ2n) is 7.06. The molecule has 0 spiro atoms. The maximum absolute atomic E-state index is 4.64. The van der Waals surface area contributed by atoms with Gasteiger partial charge in [0.05, 0.1) is 0 Å². The van der Waals surface area contributed by atoms with Crippen molar-refractivity contribution in [3.63, 3.8) is 0 Å². The fourth-order valence-electron chi connectivity index (χ4n) is 3.84. The molecule has 0 radical (unpaired) electrons. The zero-order valence-corrected chi connectivity index (χ0v) is 18.2. The quantitative estimate of drug-likeness (QED) is 0.418. The second-order valence-corrected chi connectivity index (χ2v) is 7.06. The third kappa shape index (κ3) is 4.72. The second kappa shape index (κ2) is 9.39. The van der Waals surface area contributed by atoms with Crippen LogP contribution >= 0.6 is 24.0 Å². The van der Waals surface area contributed by atoms with Crippen LogP contribution in [0.25, 0.3) is 0 Å². The number of rotatable bonds is 3. The first kappa shape index (κ1) is 19.9. The van der Waals surface area contributed by atoms with Gasteiger partial charge < -0.3 is 15.1 Å². The Morgan fingerprint density at radius 1 is 1.07 bits per heavy atom. The van der Waals surface area contributed by atoms with Gasteiger partial charge in [-0.1, -0.05) is 30.3 Å². The molecule has 1 aromatic carbocycles. The SMILES string of the molecule is CN=C(NCc1ccc(N2CCCC2)nc1)N1CCc2ccccc2C1.I. The zero-order valence-electron chi connectivity index (χ0n) is 15.9. The number of aliphatic imine (C=N–C) groups is 1. The predicted octanol–water partition coefficient (Wildman–Crippen LogP) is 3.43. The number of benzene rings is 1. The van der Waals surface area contributed by atoms with Crippen molar-refractivity contribution in [2.45, 2.75) is 32.4 Å². The number of nitrogens with one attached hydrogen (secondary N) is 1. The van der Waals surface area contributed by atoms with Crippen molar-refractivity contribution in [1.82, 2.24) is 15.2 Å². The van der Waals surface area contributed by atoms with Gasteiger partial charge >= 0.3 is 0 Å². The van der Waals surface area contributed by atoms with E-state index in [1.807, 2.05) is 13.2 Å². The number of guanidine groups is 1. The van der Waals surface area contributed by atoms with Crippen molar-refractivity contribution in [1.29, 1.82) is 0 Å². The molecule has 6 heteroatoms. The molecular formula is C21H28IN5. The highest BCUT2D eigenvalue weighted by atomic mass is 127. The van der Waals surface area contributed by atoms with E-state index in [0.29, 0.717) is 0 Å². The van der Waals surface area contributed by atoms with E-state index in [2.05, 4.69) is 61.5 Å². The van der Waals surface area contributed by atoms with Crippen LogP contribution in [0.4, 0.5) is 5.82 Å². The molecule has 0 amide bonds. The Hall–Kier alpha value is -1.83. The molecule has 2 aliphatic rings. The molecule has 2 aliphatic heterocycles. The molecule has 144 valence electrons. The van der Waals surface area contributed by atoms with Crippen molar-refractivity contribution in [3.05, 3.63) is 59.3 Å². The molecule has 3 heterocycles. The van der Waals surface area contributed by atoms with Gasteiger partial charge in [-0.25, -0.2) is 4.98 Å². The van der Waals surface area contributed by atoms with Gasteiger partial charge in [0.25, 0.3) is 0 Å². The van der Waals surface area contributed by atoms with E-state index >= 15 is 0 Å². The van der Waals surface area contributed by atoms with Crippen LogP contribution in [-0.4, -0.2) is 42.5 Å². The standard InChI is InChI=1S/C21H27N5.HI/c1-22-21(26-13-10-18-6-2-3-7-19(18)16-26)24-15-17-8-9-20(23-14-17)25-11-4-5-12-25;/h2-3,6-9,14H,4-5,10-13,15-16H2,1H3,(H,22,24);1H. The lowest BCUT2D eigenvalue weighted by Crippen LogP contribution is -2.43. The molecule has 0 aliphatic carbocycles. The van der Waals surface area contributed by atoms with E-state index in [4.69, 9.17) is 0 Å². The van der Waals surface area contributed by atoms with Gasteiger partial charge in [-0.3, -0.25) is 4.99 Å². The van der Waals surface area contributed by atoms with Crippen LogP contribution in [0.2, 0.25) is 0 Å². The van der Waals surface area contributed by atoms with E-state index in [-0.39, 0.29) is 24.0 Å². The van der Waals surface area contributed by atoms with Crippen molar-refractivity contribution < 1.29 is 0 Å². The largest absolute Gasteiger partial charge is 0.357 e. The lowest BCUT2D eigenvalue weighted by Gasteiger charge is -2.31. The number of nitrogens with zero attached hydrogens (tertiary/aromatic N) is 4. The number of anilines is 1. The number of aromatic nitrogens is 1. The average Bonchev–Trinajstić information content (AvgIpc) is 3.24. The summed E-state index contributed by atoms with van der Waals surface area (Å²) in [5.74, 6) is 2.06. The maximum Gasteiger partial charge on any atom is 0.194 e. The van der Waals surface area contributed by atoms with E-state index in [1.54, 1.807) is 0 Å². The number of hydrogen-bond acceptors (Lipinski definition) is 3. The molecule has 0 unspecified atom stereocenters. The number of pyridine rings is 1. The van der Waals surface area contributed by atoms with Gasteiger partial charge in [0.2, 0.25) is 0 Å². The van der Waals surface area contributed by atoms with Crippen LogP contribution in [0.3, 0.4) is 0 Å². The summed E-state index contributed by atoms with van der Waals surface area (Å²) in [6.45, 7) is 4.93. The smallest absolute Gasteiger partial charge is 0.194 e. The Kier molecular flexibility index (Phi) is 6.93. The molecule has 5 nitrogen and oxygen atoms in total. The number of halogens is 1. The third-order valence-electron chi connectivity index (χ3n) is 5.33. The Labute approximate surface area is 178 Å². The minimum absolute atomic E-state index is 0. The van der Waals surface area contributed by atoms with Crippen LogP contribution in [0.1, 0.15) is 29.5 Å². The van der Waals surface area contributed by atoms with Crippen LogP contribution in [0.15, 0.2) is 47.6 Å². The van der Waals surface area contributed by atoms with Crippen molar-refractivity contribution in [2.75, 3.05) is 31.6 Å². The van der Waals surface area contributed by atoms with Gasteiger partial charge in [-0.2, -0.15) is 0 Å². The highest BCUT2D eigenvalue weighted by molar-refractivity contribution is 14.0. The summed E-state index contributed by atoms with van der Waals surface area (Å²) in [5.41, 5.74) is 4.05.